The molecule has 0 aliphatic rings. The Kier molecular flexibility index (Phi) is 5.25. The molecule has 0 radical (unpaired) electrons. The van der Waals surface area contributed by atoms with Crippen molar-refractivity contribution in [3.63, 3.8) is 0 Å². The summed E-state index contributed by atoms with van der Waals surface area (Å²) >= 11 is 0. The van der Waals surface area contributed by atoms with Gasteiger partial charge in [-0.05, 0) is 17.7 Å². The van der Waals surface area contributed by atoms with Crippen molar-refractivity contribution in [1.29, 1.82) is 0 Å². The van der Waals surface area contributed by atoms with Crippen molar-refractivity contribution >= 4 is 12.0 Å². The molecule has 0 atom stereocenters. The Bertz CT molecular complexity index is 465. The summed E-state index contributed by atoms with van der Waals surface area (Å²) in [6.45, 7) is 3.49. The predicted octanol–water partition coefficient (Wildman–Crippen LogP) is 3.45. The summed E-state index contributed by atoms with van der Waals surface area (Å²) in [6.07, 6.45) is 9.75. The van der Waals surface area contributed by atoms with Crippen LogP contribution in [-0.4, -0.2) is 11.1 Å². The third kappa shape index (κ3) is 4.80. The van der Waals surface area contributed by atoms with E-state index in [9.17, 15) is 4.79 Å². The maximum Gasteiger partial charge on any atom is 0.335 e. The van der Waals surface area contributed by atoms with Crippen LogP contribution < -0.4 is 0 Å². The first-order chi connectivity index (χ1) is 8.24. The Morgan fingerprint density at radius 2 is 1.88 bits per heavy atom. The third-order valence-electron chi connectivity index (χ3n) is 2.02. The number of hydrogen-bond acceptors (Lipinski definition) is 1. The van der Waals surface area contributed by atoms with E-state index in [1.54, 1.807) is 18.2 Å². The fraction of sp³-hybridized carbons (Fsp3) is 0. The number of rotatable bonds is 5. The van der Waals surface area contributed by atoms with E-state index in [0.29, 0.717) is 0 Å². The molecule has 0 spiro atoms. The van der Waals surface area contributed by atoms with Crippen LogP contribution in [-0.2, 0) is 4.79 Å². The van der Waals surface area contributed by atoms with Crippen molar-refractivity contribution in [3.05, 3.63) is 78.4 Å². The van der Waals surface area contributed by atoms with Crippen LogP contribution in [0.25, 0.3) is 6.08 Å². The SMILES string of the molecule is C=CC=CC(=CC=Cc1ccccc1)C(=O)O. The zero-order valence-electron chi connectivity index (χ0n) is 9.41. The average Bonchev–Trinajstić information content (AvgIpc) is 2.34. The highest BCUT2D eigenvalue weighted by Crippen LogP contribution is 2.03. The van der Waals surface area contributed by atoms with Crippen LogP contribution in [0.15, 0.2) is 72.9 Å². The first-order valence-electron chi connectivity index (χ1n) is 5.20. The van der Waals surface area contributed by atoms with E-state index < -0.39 is 5.97 Å². The largest absolute Gasteiger partial charge is 0.478 e. The van der Waals surface area contributed by atoms with E-state index >= 15 is 0 Å². The van der Waals surface area contributed by atoms with Crippen molar-refractivity contribution in [3.8, 4) is 0 Å². The number of carboxylic acid groups (broad SMARTS) is 1. The van der Waals surface area contributed by atoms with Gasteiger partial charge in [0.05, 0.1) is 5.57 Å². The molecule has 1 rings (SSSR count). The van der Waals surface area contributed by atoms with Crippen LogP contribution in [0.1, 0.15) is 5.56 Å². The maximum atomic E-state index is 10.9. The van der Waals surface area contributed by atoms with Gasteiger partial charge in [0.2, 0.25) is 0 Å². The van der Waals surface area contributed by atoms with Gasteiger partial charge in [-0.25, -0.2) is 4.79 Å². The molecule has 0 unspecified atom stereocenters. The minimum Gasteiger partial charge on any atom is -0.478 e. The molecule has 0 amide bonds. The number of allylic oxidation sites excluding steroid dienone is 4. The van der Waals surface area contributed by atoms with Crippen LogP contribution in [0, 0.1) is 0 Å². The number of carboxylic acids is 1. The van der Waals surface area contributed by atoms with Gasteiger partial charge < -0.3 is 5.11 Å². The van der Waals surface area contributed by atoms with E-state index in [4.69, 9.17) is 5.11 Å². The first-order valence-corrected chi connectivity index (χ1v) is 5.20. The molecule has 17 heavy (non-hydrogen) atoms. The molecule has 0 aliphatic carbocycles. The van der Waals surface area contributed by atoms with E-state index in [1.165, 1.54) is 12.2 Å². The van der Waals surface area contributed by atoms with Crippen molar-refractivity contribution in [2.75, 3.05) is 0 Å². The monoisotopic (exact) mass is 226 g/mol. The third-order valence-corrected chi connectivity index (χ3v) is 2.02. The van der Waals surface area contributed by atoms with Gasteiger partial charge in [0, 0.05) is 0 Å². The minimum atomic E-state index is -0.958. The molecule has 0 saturated heterocycles. The summed E-state index contributed by atoms with van der Waals surface area (Å²) in [7, 11) is 0. The van der Waals surface area contributed by atoms with Crippen LogP contribution in [0.4, 0.5) is 0 Å². The number of aliphatic carboxylic acids is 1. The minimum absolute atomic E-state index is 0.220. The molecule has 0 saturated carbocycles. The van der Waals surface area contributed by atoms with Crippen LogP contribution in [0.2, 0.25) is 0 Å². The van der Waals surface area contributed by atoms with Crippen molar-refractivity contribution in [2.45, 2.75) is 0 Å². The molecule has 0 aliphatic heterocycles. The number of benzene rings is 1. The molecule has 86 valence electrons. The lowest BCUT2D eigenvalue weighted by Crippen LogP contribution is -1.96. The highest BCUT2D eigenvalue weighted by atomic mass is 16.4. The van der Waals surface area contributed by atoms with Gasteiger partial charge >= 0.3 is 5.97 Å². The summed E-state index contributed by atoms with van der Waals surface area (Å²) in [6, 6.07) is 9.69. The molecule has 0 bridgehead atoms. The highest BCUT2D eigenvalue weighted by molar-refractivity contribution is 5.90. The zero-order valence-corrected chi connectivity index (χ0v) is 9.41. The molecule has 2 heteroatoms. The molecular weight excluding hydrogens is 212 g/mol. The van der Waals surface area contributed by atoms with Gasteiger partial charge in [0.15, 0.2) is 0 Å². The Hall–Kier alpha value is -2.35. The predicted molar refractivity (Wildman–Crippen MR) is 70.5 cm³/mol. The van der Waals surface area contributed by atoms with Crippen molar-refractivity contribution < 1.29 is 9.90 Å². The number of carbonyl (C=O) groups is 1. The van der Waals surface area contributed by atoms with Gasteiger partial charge in [-0.15, -0.1) is 0 Å². The van der Waals surface area contributed by atoms with Crippen LogP contribution in [0.5, 0.6) is 0 Å². The quantitative estimate of drug-likeness (QED) is 0.616. The van der Waals surface area contributed by atoms with Crippen molar-refractivity contribution in [1.82, 2.24) is 0 Å². The number of hydrogen-bond donors (Lipinski definition) is 1. The highest BCUT2D eigenvalue weighted by Gasteiger charge is 1.99. The topological polar surface area (TPSA) is 37.3 Å². The Labute approximate surface area is 101 Å². The Balaban J connectivity index is 2.79. The molecule has 0 fully saturated rings. The normalized spacial score (nSPS) is 12.1. The summed E-state index contributed by atoms with van der Waals surface area (Å²) in [5.41, 5.74) is 1.25. The molecule has 1 aromatic carbocycles. The summed E-state index contributed by atoms with van der Waals surface area (Å²) < 4.78 is 0. The molecule has 0 heterocycles. The van der Waals surface area contributed by atoms with Crippen LogP contribution >= 0.6 is 0 Å². The molecule has 1 aromatic rings. The average molecular weight is 226 g/mol. The van der Waals surface area contributed by atoms with Gasteiger partial charge in [-0.3, -0.25) is 0 Å². The lowest BCUT2D eigenvalue weighted by atomic mass is 10.2. The second-order valence-electron chi connectivity index (χ2n) is 3.29. The maximum absolute atomic E-state index is 10.9. The van der Waals surface area contributed by atoms with Gasteiger partial charge in [0.25, 0.3) is 0 Å². The van der Waals surface area contributed by atoms with Gasteiger partial charge in [-0.2, -0.15) is 0 Å². The molecule has 1 N–H and O–H groups in total. The molecule has 2 nitrogen and oxygen atoms in total. The van der Waals surface area contributed by atoms with Gasteiger partial charge in [-0.1, -0.05) is 61.2 Å². The molecule has 0 aromatic heterocycles. The first kappa shape index (κ1) is 12.7. The fourth-order valence-corrected chi connectivity index (χ4v) is 1.20. The van der Waals surface area contributed by atoms with Crippen LogP contribution in [0.3, 0.4) is 0 Å². The van der Waals surface area contributed by atoms with E-state index in [2.05, 4.69) is 6.58 Å². The second kappa shape index (κ2) is 7.01. The summed E-state index contributed by atoms with van der Waals surface area (Å²) in [5.74, 6) is -0.958. The Morgan fingerprint density at radius 1 is 1.18 bits per heavy atom. The van der Waals surface area contributed by atoms with Crippen molar-refractivity contribution in [2.24, 2.45) is 0 Å². The summed E-state index contributed by atoms with van der Waals surface area (Å²) in [5, 5.41) is 8.91. The standard InChI is InChI=1S/C15H14O2/c1-2-3-11-14(15(16)17)12-7-10-13-8-5-4-6-9-13/h2-12H,1H2,(H,16,17). The lowest BCUT2D eigenvalue weighted by Gasteiger charge is -1.92. The molecular formula is C15H14O2. The van der Waals surface area contributed by atoms with Gasteiger partial charge in [0.1, 0.15) is 0 Å². The fourth-order valence-electron chi connectivity index (χ4n) is 1.20. The second-order valence-corrected chi connectivity index (χ2v) is 3.29. The zero-order chi connectivity index (χ0) is 12.5. The Morgan fingerprint density at radius 3 is 2.47 bits per heavy atom. The lowest BCUT2D eigenvalue weighted by molar-refractivity contribution is -0.132. The summed E-state index contributed by atoms with van der Waals surface area (Å²) in [4.78, 5) is 10.9. The van der Waals surface area contributed by atoms with E-state index in [-0.39, 0.29) is 5.57 Å². The van der Waals surface area contributed by atoms with E-state index in [1.807, 2.05) is 36.4 Å². The smallest absolute Gasteiger partial charge is 0.335 e. The van der Waals surface area contributed by atoms with E-state index in [0.717, 1.165) is 5.56 Å².